The summed E-state index contributed by atoms with van der Waals surface area (Å²) >= 11 is 0. The van der Waals surface area contributed by atoms with Gasteiger partial charge in [-0.2, -0.15) is 0 Å². The van der Waals surface area contributed by atoms with Gasteiger partial charge in [0.25, 0.3) is 5.56 Å². The fourth-order valence-electron chi connectivity index (χ4n) is 1.56. The van der Waals surface area contributed by atoms with E-state index >= 15 is 0 Å². The maximum atomic E-state index is 11.8. The maximum Gasteiger partial charge on any atom is 0.272 e. The highest BCUT2D eigenvalue weighted by molar-refractivity contribution is 5.40. The van der Waals surface area contributed by atoms with Crippen LogP contribution in [0.1, 0.15) is 44.1 Å². The molecule has 16 heavy (non-hydrogen) atoms. The third-order valence-electron chi connectivity index (χ3n) is 2.58. The average molecular weight is 220 g/mol. The van der Waals surface area contributed by atoms with Gasteiger partial charge in [0, 0.05) is 23.9 Å². The predicted octanol–water partition coefficient (Wildman–Crippen LogP) is 1.17. The molecule has 0 aromatic carbocycles. The Balaban J connectivity index is 2.68. The van der Waals surface area contributed by atoms with Crippen LogP contribution in [0, 0.1) is 0 Å². The topological polar surface area (TPSA) is 76.2 Å². The molecule has 3 N–H and O–H groups in total. The summed E-state index contributed by atoms with van der Waals surface area (Å²) in [5.74, 6) is 0.333. The summed E-state index contributed by atoms with van der Waals surface area (Å²) in [6, 6.07) is 3.13. The molecule has 1 atom stereocenters. The zero-order valence-corrected chi connectivity index (χ0v) is 9.69. The number of nitrogens with two attached hydrogens (primary N) is 1. The Kier molecular flexibility index (Phi) is 2.55. The number of nitrogens with one attached hydrogen (secondary N) is 1. The molecule has 2 aromatic rings. The minimum absolute atomic E-state index is 0.121. The van der Waals surface area contributed by atoms with Crippen molar-refractivity contribution in [3.8, 4) is 0 Å². The van der Waals surface area contributed by atoms with E-state index in [1.807, 2.05) is 13.0 Å². The molecule has 5 nitrogen and oxygen atoms in total. The van der Waals surface area contributed by atoms with Crippen LogP contribution in [-0.2, 0) is 0 Å². The molecule has 0 fully saturated rings. The average Bonchev–Trinajstić information content (AvgIpc) is 2.61. The number of H-pyrrole nitrogens is 1. The Bertz CT molecular complexity index is 565. The maximum absolute atomic E-state index is 11.8. The lowest BCUT2D eigenvalue weighted by Gasteiger charge is -2.03. The summed E-state index contributed by atoms with van der Waals surface area (Å²) in [4.78, 5) is 16.1. The monoisotopic (exact) mass is 220 g/mol. The molecule has 0 radical (unpaired) electrons. The van der Waals surface area contributed by atoms with Crippen molar-refractivity contribution >= 4 is 5.65 Å². The van der Waals surface area contributed by atoms with Gasteiger partial charge >= 0.3 is 0 Å². The van der Waals surface area contributed by atoms with Gasteiger partial charge in [-0.05, 0) is 12.8 Å². The molecule has 5 heteroatoms. The predicted molar refractivity (Wildman–Crippen MR) is 62.5 cm³/mol. The van der Waals surface area contributed by atoms with Crippen LogP contribution in [0.4, 0.5) is 0 Å². The van der Waals surface area contributed by atoms with E-state index in [0.717, 1.165) is 5.69 Å². The van der Waals surface area contributed by atoms with Gasteiger partial charge in [0.2, 0.25) is 0 Å². The molecule has 0 amide bonds. The van der Waals surface area contributed by atoms with Gasteiger partial charge in [-0.25, -0.2) is 9.50 Å². The Morgan fingerprint density at radius 3 is 2.62 bits per heavy atom. The zero-order valence-electron chi connectivity index (χ0n) is 9.69. The van der Waals surface area contributed by atoms with Gasteiger partial charge in [0.15, 0.2) is 5.65 Å². The fourth-order valence-corrected chi connectivity index (χ4v) is 1.56. The summed E-state index contributed by atoms with van der Waals surface area (Å²) in [6.07, 6.45) is 0. The Labute approximate surface area is 93.3 Å². The van der Waals surface area contributed by atoms with Gasteiger partial charge in [0.05, 0.1) is 5.69 Å². The van der Waals surface area contributed by atoms with E-state index < -0.39 is 0 Å². The molecule has 0 spiro atoms. The highest BCUT2D eigenvalue weighted by atomic mass is 16.1. The van der Waals surface area contributed by atoms with Crippen molar-refractivity contribution in [2.24, 2.45) is 5.73 Å². The van der Waals surface area contributed by atoms with Crippen LogP contribution < -0.4 is 11.3 Å². The van der Waals surface area contributed by atoms with Crippen molar-refractivity contribution in [3.63, 3.8) is 0 Å². The van der Waals surface area contributed by atoms with E-state index in [1.54, 1.807) is 0 Å². The number of nitrogens with zero attached hydrogens (tertiary/aromatic N) is 2. The first-order valence-electron chi connectivity index (χ1n) is 5.37. The smallest absolute Gasteiger partial charge is 0.272 e. The van der Waals surface area contributed by atoms with Crippen molar-refractivity contribution in [1.29, 1.82) is 0 Å². The van der Waals surface area contributed by atoms with Crippen molar-refractivity contribution in [2.45, 2.75) is 32.7 Å². The normalized spacial score (nSPS) is 13.6. The van der Waals surface area contributed by atoms with Crippen LogP contribution in [0.15, 0.2) is 16.9 Å². The zero-order chi connectivity index (χ0) is 11.9. The minimum Gasteiger partial charge on any atom is -0.323 e. The SMILES string of the molecule is CC(C)c1cc2nc(C(C)N)cc(=O)n2[nH]1. The van der Waals surface area contributed by atoms with Gasteiger partial charge < -0.3 is 5.73 Å². The molecule has 2 heterocycles. The van der Waals surface area contributed by atoms with E-state index in [-0.39, 0.29) is 11.6 Å². The van der Waals surface area contributed by atoms with E-state index in [2.05, 4.69) is 23.9 Å². The van der Waals surface area contributed by atoms with Crippen LogP contribution in [-0.4, -0.2) is 14.6 Å². The first-order valence-corrected chi connectivity index (χ1v) is 5.37. The van der Waals surface area contributed by atoms with Gasteiger partial charge in [-0.15, -0.1) is 0 Å². The highest BCUT2D eigenvalue weighted by Crippen LogP contribution is 2.14. The summed E-state index contributed by atoms with van der Waals surface area (Å²) in [5, 5.41) is 3.03. The molecule has 0 aliphatic carbocycles. The van der Waals surface area contributed by atoms with Crippen molar-refractivity contribution < 1.29 is 0 Å². The molecule has 2 rings (SSSR count). The van der Waals surface area contributed by atoms with Crippen LogP contribution in [0.2, 0.25) is 0 Å². The minimum atomic E-state index is -0.227. The summed E-state index contributed by atoms with van der Waals surface area (Å²) < 4.78 is 1.45. The largest absolute Gasteiger partial charge is 0.323 e. The first-order chi connectivity index (χ1) is 7.49. The number of rotatable bonds is 2. The quantitative estimate of drug-likeness (QED) is 0.797. The molecular weight excluding hydrogens is 204 g/mol. The standard InChI is InChI=1S/C11H16N4O/c1-6(2)8-4-10-13-9(7(3)12)5-11(16)15(10)14-8/h4-7,14H,12H2,1-3H3. The molecule has 1 unspecified atom stereocenters. The second kappa shape index (κ2) is 3.75. The van der Waals surface area contributed by atoms with E-state index in [1.165, 1.54) is 10.6 Å². The second-order valence-corrected chi connectivity index (χ2v) is 4.37. The number of hydrogen-bond donors (Lipinski definition) is 2. The number of aromatic amines is 1. The number of hydrogen-bond acceptors (Lipinski definition) is 3. The van der Waals surface area contributed by atoms with Crippen LogP contribution >= 0.6 is 0 Å². The van der Waals surface area contributed by atoms with Crippen LogP contribution in [0.5, 0.6) is 0 Å². The molecule has 2 aromatic heterocycles. The lowest BCUT2D eigenvalue weighted by molar-refractivity contribution is 0.749. The molecule has 0 saturated carbocycles. The molecular formula is C11H16N4O. The molecule has 86 valence electrons. The molecule has 0 aliphatic heterocycles. The van der Waals surface area contributed by atoms with Crippen LogP contribution in [0.25, 0.3) is 5.65 Å². The summed E-state index contributed by atoms with van der Waals surface area (Å²) in [6.45, 7) is 5.93. The molecule has 0 saturated heterocycles. The van der Waals surface area contributed by atoms with Crippen molar-refractivity contribution in [1.82, 2.24) is 14.6 Å². The van der Waals surface area contributed by atoms with E-state index in [0.29, 0.717) is 17.3 Å². The van der Waals surface area contributed by atoms with Crippen LogP contribution in [0.3, 0.4) is 0 Å². The first kappa shape index (κ1) is 10.9. The van der Waals surface area contributed by atoms with E-state index in [4.69, 9.17) is 5.73 Å². The van der Waals surface area contributed by atoms with Crippen molar-refractivity contribution in [2.75, 3.05) is 0 Å². The lowest BCUT2D eigenvalue weighted by atomic mass is 10.1. The third kappa shape index (κ3) is 1.74. The van der Waals surface area contributed by atoms with Crippen molar-refractivity contribution in [3.05, 3.63) is 33.9 Å². The highest BCUT2D eigenvalue weighted by Gasteiger charge is 2.10. The fraction of sp³-hybridized carbons (Fsp3) is 0.455. The van der Waals surface area contributed by atoms with Gasteiger partial charge in [-0.3, -0.25) is 9.89 Å². The molecule has 0 aliphatic rings. The van der Waals surface area contributed by atoms with E-state index in [9.17, 15) is 4.79 Å². The third-order valence-corrected chi connectivity index (χ3v) is 2.58. The number of fused-ring (bicyclic) bond motifs is 1. The Morgan fingerprint density at radius 2 is 2.06 bits per heavy atom. The second-order valence-electron chi connectivity index (χ2n) is 4.37. The van der Waals surface area contributed by atoms with Gasteiger partial charge in [0.1, 0.15) is 0 Å². The Hall–Kier alpha value is -1.62. The summed E-state index contributed by atoms with van der Waals surface area (Å²) in [5.41, 5.74) is 7.84. The molecule has 0 bridgehead atoms. The lowest BCUT2D eigenvalue weighted by Crippen LogP contribution is -2.18. The van der Waals surface area contributed by atoms with Gasteiger partial charge in [-0.1, -0.05) is 13.8 Å². The Morgan fingerprint density at radius 1 is 1.38 bits per heavy atom. The number of aromatic nitrogens is 3. The summed E-state index contributed by atoms with van der Waals surface area (Å²) in [7, 11) is 0.